The lowest BCUT2D eigenvalue weighted by Gasteiger charge is -2.35. The largest absolute Gasteiger partial charge is 0.416 e. The molecule has 2 aromatic rings. The number of carbonyl (C=O) groups excluding carboxylic acids is 1. The van der Waals surface area contributed by atoms with E-state index in [0.717, 1.165) is 38.3 Å². The van der Waals surface area contributed by atoms with Crippen molar-refractivity contribution < 1.29 is 18.0 Å². The number of hydrogen-bond donors (Lipinski definition) is 0. The number of carbonyl (C=O) groups is 1. The van der Waals surface area contributed by atoms with Gasteiger partial charge >= 0.3 is 6.18 Å². The molecule has 2 aliphatic rings. The van der Waals surface area contributed by atoms with Gasteiger partial charge in [-0.15, -0.1) is 0 Å². The first-order valence-corrected chi connectivity index (χ1v) is 10.8. The van der Waals surface area contributed by atoms with Crippen LogP contribution in [0.25, 0.3) is 5.69 Å². The Morgan fingerprint density at radius 3 is 2.29 bits per heavy atom. The maximum Gasteiger partial charge on any atom is 0.416 e. The molecule has 0 unspecified atom stereocenters. The minimum absolute atomic E-state index is 0.116. The normalized spacial score (nSPS) is 18.6. The van der Waals surface area contributed by atoms with E-state index in [-0.39, 0.29) is 11.6 Å². The van der Waals surface area contributed by atoms with Crippen molar-refractivity contribution in [3.05, 3.63) is 47.3 Å². The van der Waals surface area contributed by atoms with Gasteiger partial charge in [0.2, 0.25) is 0 Å². The summed E-state index contributed by atoms with van der Waals surface area (Å²) in [5, 5.41) is 4.20. The van der Waals surface area contributed by atoms with E-state index in [9.17, 15) is 18.0 Å². The second-order valence-corrected chi connectivity index (χ2v) is 8.29. The average molecular weight is 435 g/mol. The van der Waals surface area contributed by atoms with Gasteiger partial charge in [0.25, 0.3) is 5.91 Å². The van der Waals surface area contributed by atoms with Crippen molar-refractivity contribution in [2.75, 3.05) is 52.4 Å². The Balaban J connectivity index is 1.38. The molecule has 0 spiro atoms. The van der Waals surface area contributed by atoms with Crippen LogP contribution in [0, 0.1) is 6.92 Å². The summed E-state index contributed by atoms with van der Waals surface area (Å²) in [5.74, 6) is -0.116. The lowest BCUT2D eigenvalue weighted by atomic mass is 10.1. The third-order valence-electron chi connectivity index (χ3n) is 6.25. The van der Waals surface area contributed by atoms with Gasteiger partial charge in [-0.1, -0.05) is 6.07 Å². The van der Waals surface area contributed by atoms with Gasteiger partial charge in [-0.05, 0) is 51.1 Å². The van der Waals surface area contributed by atoms with Gasteiger partial charge < -0.3 is 9.80 Å². The Morgan fingerprint density at radius 1 is 1.00 bits per heavy atom. The number of amides is 1. The molecule has 31 heavy (non-hydrogen) atoms. The third-order valence-corrected chi connectivity index (χ3v) is 6.25. The lowest BCUT2D eigenvalue weighted by molar-refractivity contribution is -0.137. The Labute approximate surface area is 180 Å². The predicted octanol–water partition coefficient (Wildman–Crippen LogP) is 3.05. The molecule has 9 heteroatoms. The number of piperazine rings is 1. The van der Waals surface area contributed by atoms with Gasteiger partial charge in [-0.25, -0.2) is 4.68 Å². The van der Waals surface area contributed by atoms with Crippen LogP contribution in [-0.2, 0) is 6.18 Å². The van der Waals surface area contributed by atoms with E-state index in [0.29, 0.717) is 24.3 Å². The summed E-state index contributed by atoms with van der Waals surface area (Å²) < 4.78 is 40.5. The molecule has 0 radical (unpaired) electrons. The van der Waals surface area contributed by atoms with E-state index in [4.69, 9.17) is 0 Å². The molecule has 2 fully saturated rings. The number of halogens is 3. The molecule has 0 aliphatic carbocycles. The van der Waals surface area contributed by atoms with Crippen molar-refractivity contribution in [3.63, 3.8) is 0 Å². The summed E-state index contributed by atoms with van der Waals surface area (Å²) in [7, 11) is 0. The summed E-state index contributed by atoms with van der Waals surface area (Å²) in [4.78, 5) is 19.7. The highest BCUT2D eigenvalue weighted by molar-refractivity contribution is 5.95. The quantitative estimate of drug-likeness (QED) is 0.724. The molecule has 1 aromatic carbocycles. The Morgan fingerprint density at radius 2 is 1.65 bits per heavy atom. The molecule has 3 heterocycles. The van der Waals surface area contributed by atoms with Crippen molar-refractivity contribution in [1.29, 1.82) is 0 Å². The number of alkyl halides is 3. The van der Waals surface area contributed by atoms with Crippen LogP contribution in [0.2, 0.25) is 0 Å². The molecule has 0 N–H and O–H groups in total. The highest BCUT2D eigenvalue weighted by Crippen LogP contribution is 2.30. The molecule has 168 valence electrons. The first kappa shape index (κ1) is 21.8. The van der Waals surface area contributed by atoms with Crippen molar-refractivity contribution in [2.45, 2.75) is 25.9 Å². The molecule has 1 aromatic heterocycles. The van der Waals surface area contributed by atoms with Gasteiger partial charge in [-0.2, -0.15) is 18.3 Å². The van der Waals surface area contributed by atoms with E-state index < -0.39 is 11.7 Å². The minimum Gasteiger partial charge on any atom is -0.336 e. The molecule has 0 saturated carbocycles. The molecular weight excluding hydrogens is 407 g/mol. The zero-order chi connectivity index (χ0) is 22.0. The fourth-order valence-electron chi connectivity index (χ4n) is 4.33. The van der Waals surface area contributed by atoms with Gasteiger partial charge in [0.05, 0.1) is 28.7 Å². The van der Waals surface area contributed by atoms with Crippen LogP contribution in [0.3, 0.4) is 0 Å². The van der Waals surface area contributed by atoms with Crippen molar-refractivity contribution in [3.8, 4) is 5.69 Å². The van der Waals surface area contributed by atoms with Crippen molar-refractivity contribution >= 4 is 5.91 Å². The summed E-state index contributed by atoms with van der Waals surface area (Å²) in [5.41, 5.74) is 0.527. The van der Waals surface area contributed by atoms with E-state index in [2.05, 4.69) is 14.9 Å². The summed E-state index contributed by atoms with van der Waals surface area (Å²) in [6.07, 6.45) is -0.395. The van der Waals surface area contributed by atoms with Crippen LogP contribution in [0.5, 0.6) is 0 Å². The highest BCUT2D eigenvalue weighted by Gasteiger charge is 2.31. The molecule has 2 saturated heterocycles. The predicted molar refractivity (Wildman–Crippen MR) is 111 cm³/mol. The molecule has 2 aliphatic heterocycles. The average Bonchev–Trinajstić information content (AvgIpc) is 3.41. The maximum atomic E-state index is 13.0. The van der Waals surface area contributed by atoms with Crippen molar-refractivity contribution in [2.24, 2.45) is 0 Å². The zero-order valence-electron chi connectivity index (χ0n) is 17.7. The zero-order valence-corrected chi connectivity index (χ0v) is 17.7. The minimum atomic E-state index is -4.43. The van der Waals surface area contributed by atoms with Crippen LogP contribution in [0.1, 0.15) is 34.5 Å². The molecular formula is C22H28F3N5O. The lowest BCUT2D eigenvalue weighted by Crippen LogP contribution is -2.50. The van der Waals surface area contributed by atoms with Crippen LogP contribution >= 0.6 is 0 Å². The number of benzene rings is 1. The molecule has 6 nitrogen and oxygen atoms in total. The van der Waals surface area contributed by atoms with E-state index in [1.807, 2.05) is 4.90 Å². The number of rotatable bonds is 5. The number of likely N-dealkylation sites (tertiary alicyclic amines) is 1. The molecule has 1 amide bonds. The van der Waals surface area contributed by atoms with Gasteiger partial charge in [-0.3, -0.25) is 9.69 Å². The second-order valence-electron chi connectivity index (χ2n) is 8.29. The topological polar surface area (TPSA) is 44.6 Å². The third kappa shape index (κ3) is 4.93. The summed E-state index contributed by atoms with van der Waals surface area (Å²) in [6.45, 7) is 9.15. The monoisotopic (exact) mass is 435 g/mol. The molecule has 0 atom stereocenters. The number of aromatic nitrogens is 2. The van der Waals surface area contributed by atoms with Gasteiger partial charge in [0.1, 0.15) is 0 Å². The summed E-state index contributed by atoms with van der Waals surface area (Å²) in [6, 6.07) is 4.98. The van der Waals surface area contributed by atoms with E-state index in [1.54, 1.807) is 13.0 Å². The van der Waals surface area contributed by atoms with E-state index in [1.165, 1.54) is 42.9 Å². The fourth-order valence-corrected chi connectivity index (χ4v) is 4.33. The summed E-state index contributed by atoms with van der Waals surface area (Å²) >= 11 is 0. The maximum absolute atomic E-state index is 13.0. The van der Waals surface area contributed by atoms with Gasteiger partial charge in [0, 0.05) is 39.3 Å². The smallest absolute Gasteiger partial charge is 0.336 e. The van der Waals surface area contributed by atoms with Crippen LogP contribution in [0.15, 0.2) is 30.5 Å². The number of hydrogen-bond acceptors (Lipinski definition) is 4. The van der Waals surface area contributed by atoms with Crippen LogP contribution in [-0.4, -0.2) is 82.7 Å². The SMILES string of the molecule is Cc1c(C(=O)N2CCN(CCN3CCCC3)CC2)cnn1-c1cccc(C(F)(F)F)c1. The van der Waals surface area contributed by atoms with E-state index >= 15 is 0 Å². The Hall–Kier alpha value is -2.39. The first-order chi connectivity index (χ1) is 14.8. The van der Waals surface area contributed by atoms with Crippen LogP contribution < -0.4 is 0 Å². The Kier molecular flexibility index (Phi) is 6.34. The fraction of sp³-hybridized carbons (Fsp3) is 0.545. The number of nitrogens with zero attached hydrogens (tertiary/aromatic N) is 5. The first-order valence-electron chi connectivity index (χ1n) is 10.8. The Bertz CT molecular complexity index is 912. The second kappa shape index (κ2) is 9.00. The molecule has 4 rings (SSSR count). The highest BCUT2D eigenvalue weighted by atomic mass is 19.4. The van der Waals surface area contributed by atoms with Crippen LogP contribution in [0.4, 0.5) is 13.2 Å². The molecule has 0 bridgehead atoms. The van der Waals surface area contributed by atoms with Crippen molar-refractivity contribution in [1.82, 2.24) is 24.5 Å². The van der Waals surface area contributed by atoms with Gasteiger partial charge in [0.15, 0.2) is 0 Å². The standard InChI is InChI=1S/C22H28F3N5O/c1-17-20(16-26-30(17)19-6-4-5-18(15-19)22(23,24)25)21(31)29-13-11-28(12-14-29)10-9-27-7-2-3-8-27/h4-6,15-16H,2-3,7-14H2,1H3.